The van der Waals surface area contributed by atoms with E-state index in [0.29, 0.717) is 12.5 Å². The highest BCUT2D eigenvalue weighted by atomic mass is 16.5. The first kappa shape index (κ1) is 18.8. The molecule has 0 amide bonds. The van der Waals surface area contributed by atoms with Crippen LogP contribution in [0.4, 0.5) is 0 Å². The van der Waals surface area contributed by atoms with E-state index in [1.807, 2.05) is 42.2 Å². The summed E-state index contributed by atoms with van der Waals surface area (Å²) >= 11 is 0. The van der Waals surface area contributed by atoms with E-state index in [9.17, 15) is 0 Å². The highest BCUT2D eigenvalue weighted by Crippen LogP contribution is 2.30. The van der Waals surface area contributed by atoms with E-state index in [1.165, 1.54) is 0 Å². The summed E-state index contributed by atoms with van der Waals surface area (Å²) in [4.78, 5) is 9.32. The third-order valence-corrected chi connectivity index (χ3v) is 4.91. The zero-order chi connectivity index (χ0) is 19.7. The van der Waals surface area contributed by atoms with E-state index < -0.39 is 0 Å². The average Bonchev–Trinajstić information content (AvgIpc) is 3.19. The van der Waals surface area contributed by atoms with Crippen LogP contribution in [-0.4, -0.2) is 51.7 Å². The maximum absolute atomic E-state index is 6.26. The van der Waals surface area contributed by atoms with Gasteiger partial charge in [0.25, 0.3) is 0 Å². The minimum Gasteiger partial charge on any atom is -0.471 e. The van der Waals surface area contributed by atoms with Crippen LogP contribution in [0, 0.1) is 0 Å². The van der Waals surface area contributed by atoms with Gasteiger partial charge in [-0.25, -0.2) is 4.98 Å². The van der Waals surface area contributed by atoms with Crippen molar-refractivity contribution in [2.24, 2.45) is 0 Å². The molecule has 7 nitrogen and oxygen atoms in total. The number of nitrogens with zero attached hydrogens (tertiary/aromatic N) is 4. The fourth-order valence-corrected chi connectivity index (χ4v) is 3.24. The number of nitrogens with one attached hydrogen (secondary N) is 1. The van der Waals surface area contributed by atoms with Crippen LogP contribution in [0.5, 0.6) is 5.88 Å². The lowest BCUT2D eigenvalue weighted by Crippen LogP contribution is -2.46. The van der Waals surface area contributed by atoms with Gasteiger partial charge in [0.2, 0.25) is 5.88 Å². The number of rotatable bonds is 4. The molecule has 28 heavy (non-hydrogen) atoms. The summed E-state index contributed by atoms with van der Waals surface area (Å²) in [6, 6.07) is 5.87. The predicted octanol–water partition coefficient (Wildman–Crippen LogP) is 3.00. The molecular formula is C21H27N5O2. The first-order valence-corrected chi connectivity index (χ1v) is 9.72. The Balaban J connectivity index is 1.70. The molecule has 1 aliphatic rings. The van der Waals surface area contributed by atoms with Crippen LogP contribution in [0.3, 0.4) is 0 Å². The Morgan fingerprint density at radius 2 is 2.21 bits per heavy atom. The van der Waals surface area contributed by atoms with Crippen molar-refractivity contribution in [3.8, 4) is 17.1 Å². The Kier molecular flexibility index (Phi) is 5.03. The zero-order valence-electron chi connectivity index (χ0n) is 16.8. The lowest BCUT2D eigenvalue weighted by atomic mass is 10.1. The van der Waals surface area contributed by atoms with Gasteiger partial charge in [-0.3, -0.25) is 9.67 Å². The van der Waals surface area contributed by atoms with Gasteiger partial charge >= 0.3 is 0 Å². The van der Waals surface area contributed by atoms with Gasteiger partial charge in [-0.05, 0) is 45.9 Å². The summed E-state index contributed by atoms with van der Waals surface area (Å²) in [5.74, 6) is 0.575. The molecule has 3 aromatic rings. The molecule has 1 N–H and O–H groups in total. The van der Waals surface area contributed by atoms with Gasteiger partial charge in [-0.2, -0.15) is 5.10 Å². The molecule has 0 saturated carbocycles. The fraction of sp³-hybridized carbons (Fsp3) is 0.476. The van der Waals surface area contributed by atoms with Gasteiger partial charge in [0.1, 0.15) is 12.2 Å². The number of fused-ring (bicyclic) bond motifs is 1. The van der Waals surface area contributed by atoms with Crippen molar-refractivity contribution < 1.29 is 9.47 Å². The lowest BCUT2D eigenvalue weighted by molar-refractivity contribution is -0.0357. The van der Waals surface area contributed by atoms with Crippen molar-refractivity contribution >= 4 is 10.9 Å². The molecule has 1 aliphatic heterocycles. The van der Waals surface area contributed by atoms with Crippen LogP contribution in [0.25, 0.3) is 22.2 Å². The standard InChI is InChI=1S/C21H27N5O2/c1-14(19-12-22-8-9-27-19)28-20-16-6-5-7-23-18(16)10-17(25-20)15-11-24-26(13-15)21(2,3)4/h5-7,10-11,13-14,19,22H,8-9,12H2,1-4H3/t14-,19+/m1/s1. The molecule has 0 radical (unpaired) electrons. The number of ether oxygens (including phenoxy) is 2. The minimum absolute atomic E-state index is 0.00503. The normalized spacial score (nSPS) is 18.9. The smallest absolute Gasteiger partial charge is 0.223 e. The molecule has 4 heterocycles. The predicted molar refractivity (Wildman–Crippen MR) is 108 cm³/mol. The second-order valence-corrected chi connectivity index (χ2v) is 8.16. The van der Waals surface area contributed by atoms with Crippen molar-refractivity contribution in [3.05, 3.63) is 36.8 Å². The molecule has 3 aromatic heterocycles. The Morgan fingerprint density at radius 3 is 2.93 bits per heavy atom. The van der Waals surface area contributed by atoms with Gasteiger partial charge in [0, 0.05) is 31.0 Å². The first-order chi connectivity index (χ1) is 13.4. The van der Waals surface area contributed by atoms with E-state index in [0.717, 1.165) is 35.2 Å². The molecule has 0 spiro atoms. The number of pyridine rings is 2. The number of hydrogen-bond donors (Lipinski definition) is 1. The van der Waals surface area contributed by atoms with Crippen molar-refractivity contribution in [2.45, 2.75) is 45.4 Å². The topological polar surface area (TPSA) is 74.1 Å². The maximum Gasteiger partial charge on any atom is 0.223 e. The SMILES string of the molecule is C[C@@H](Oc1nc(-c2cnn(C(C)(C)C)c2)cc2ncccc12)[C@@H]1CNCCO1. The summed E-state index contributed by atoms with van der Waals surface area (Å²) in [5, 5.41) is 8.73. The van der Waals surface area contributed by atoms with E-state index in [4.69, 9.17) is 14.5 Å². The third kappa shape index (κ3) is 3.86. The molecule has 2 atom stereocenters. The first-order valence-electron chi connectivity index (χ1n) is 9.72. The van der Waals surface area contributed by atoms with Gasteiger partial charge in [0.05, 0.1) is 34.9 Å². The van der Waals surface area contributed by atoms with Crippen LogP contribution in [0.1, 0.15) is 27.7 Å². The van der Waals surface area contributed by atoms with E-state index >= 15 is 0 Å². The van der Waals surface area contributed by atoms with Crippen molar-refractivity contribution in [1.29, 1.82) is 0 Å². The summed E-state index contributed by atoms with van der Waals surface area (Å²) in [6.07, 6.45) is 5.50. The molecule has 1 fully saturated rings. The number of morpholine rings is 1. The molecule has 0 bridgehead atoms. The van der Waals surface area contributed by atoms with Crippen LogP contribution in [0.2, 0.25) is 0 Å². The Hall–Kier alpha value is -2.51. The molecule has 1 saturated heterocycles. The van der Waals surface area contributed by atoms with Gasteiger partial charge in [-0.15, -0.1) is 0 Å². The van der Waals surface area contributed by atoms with Crippen LogP contribution in [0.15, 0.2) is 36.8 Å². The van der Waals surface area contributed by atoms with Crippen LogP contribution >= 0.6 is 0 Å². The molecular weight excluding hydrogens is 354 g/mol. The van der Waals surface area contributed by atoms with E-state index in [-0.39, 0.29) is 17.7 Å². The summed E-state index contributed by atoms with van der Waals surface area (Å²) in [6.45, 7) is 10.7. The van der Waals surface area contributed by atoms with Crippen molar-refractivity contribution in [1.82, 2.24) is 25.1 Å². The fourth-order valence-electron chi connectivity index (χ4n) is 3.24. The molecule has 0 aliphatic carbocycles. The highest BCUT2D eigenvalue weighted by molar-refractivity contribution is 5.86. The Labute approximate surface area is 165 Å². The molecule has 148 valence electrons. The Bertz CT molecular complexity index is 957. The third-order valence-electron chi connectivity index (χ3n) is 4.91. The van der Waals surface area contributed by atoms with Crippen LogP contribution in [-0.2, 0) is 10.3 Å². The van der Waals surface area contributed by atoms with Crippen molar-refractivity contribution in [2.75, 3.05) is 19.7 Å². The second kappa shape index (κ2) is 7.48. The molecule has 4 rings (SSSR count). The minimum atomic E-state index is -0.128. The molecule has 7 heteroatoms. The van der Waals surface area contributed by atoms with E-state index in [2.05, 4.69) is 36.2 Å². The quantitative estimate of drug-likeness (QED) is 0.749. The second-order valence-electron chi connectivity index (χ2n) is 8.16. The lowest BCUT2D eigenvalue weighted by Gasteiger charge is -2.29. The van der Waals surface area contributed by atoms with Gasteiger partial charge in [0.15, 0.2) is 0 Å². The number of aromatic nitrogens is 4. The molecule has 0 aromatic carbocycles. The summed E-state index contributed by atoms with van der Waals surface area (Å²) in [5.41, 5.74) is 2.50. The molecule has 0 unspecified atom stereocenters. The highest BCUT2D eigenvalue weighted by Gasteiger charge is 2.24. The van der Waals surface area contributed by atoms with E-state index in [1.54, 1.807) is 6.20 Å². The number of hydrogen-bond acceptors (Lipinski definition) is 6. The van der Waals surface area contributed by atoms with Gasteiger partial charge < -0.3 is 14.8 Å². The average molecular weight is 381 g/mol. The monoisotopic (exact) mass is 381 g/mol. The Morgan fingerprint density at radius 1 is 1.36 bits per heavy atom. The summed E-state index contributed by atoms with van der Waals surface area (Å²) < 4.78 is 14.0. The largest absolute Gasteiger partial charge is 0.471 e. The zero-order valence-corrected chi connectivity index (χ0v) is 16.8. The van der Waals surface area contributed by atoms with Crippen LogP contribution < -0.4 is 10.1 Å². The van der Waals surface area contributed by atoms with Gasteiger partial charge in [-0.1, -0.05) is 0 Å². The summed E-state index contributed by atoms with van der Waals surface area (Å²) in [7, 11) is 0. The van der Waals surface area contributed by atoms with Crippen molar-refractivity contribution in [3.63, 3.8) is 0 Å². The maximum atomic E-state index is 6.26.